The summed E-state index contributed by atoms with van der Waals surface area (Å²) < 4.78 is 28.1. The maximum absolute atomic E-state index is 10.0. The Kier molecular flexibility index (Phi) is 13.1. The number of para-hydroxylation sites is 1. The van der Waals surface area contributed by atoms with E-state index in [1.54, 1.807) is 0 Å². The van der Waals surface area contributed by atoms with Crippen molar-refractivity contribution in [1.29, 1.82) is 0 Å². The van der Waals surface area contributed by atoms with E-state index in [1.165, 1.54) is 0 Å². The Bertz CT molecular complexity index is 742. The quantitative estimate of drug-likeness (QED) is 0.537. The Balaban J connectivity index is 0. The molecule has 0 unspecified atom stereocenters. The van der Waals surface area contributed by atoms with Crippen LogP contribution < -0.4 is 0 Å². The van der Waals surface area contributed by atoms with Gasteiger partial charge in [0, 0.05) is 22.9 Å². The number of hydrogen-bond donors (Lipinski definition) is 1. The van der Waals surface area contributed by atoms with Gasteiger partial charge in [-0.25, -0.2) is 0 Å². The topological polar surface area (TPSA) is 93.1 Å². The molecule has 1 heterocycles. The standard InChI is InChI=1S/C14H10O2.3CO.Cr/c15-13-11-8-4-5-9-12(11)16-14(13)10-6-2-1-3-7-10;3*1-2;/h1-9,15H;;;;. The second-order valence-electron chi connectivity index (χ2n) is 3.64. The van der Waals surface area contributed by atoms with Crippen LogP contribution in [0.2, 0.25) is 0 Å². The van der Waals surface area contributed by atoms with Crippen molar-refractivity contribution in [2.75, 3.05) is 0 Å². The SMILES string of the molecule is Oc1c(-c2ccccc2)oc2ccccc12.[C-]#[O+].[C-]#[O+].[C-]#[O+].[Cr]. The minimum Gasteiger partial charge on any atom is 0 e. The van der Waals surface area contributed by atoms with E-state index in [4.69, 9.17) is 18.4 Å². The Labute approximate surface area is 143 Å². The molecule has 0 saturated heterocycles. The van der Waals surface area contributed by atoms with E-state index in [-0.39, 0.29) is 23.1 Å². The van der Waals surface area contributed by atoms with Crippen LogP contribution in [-0.4, -0.2) is 5.11 Å². The van der Waals surface area contributed by atoms with Crippen LogP contribution >= 0.6 is 0 Å². The summed E-state index contributed by atoms with van der Waals surface area (Å²) in [4.78, 5) is 0. The third kappa shape index (κ3) is 5.67. The average molecular weight is 346 g/mol. The molecule has 5 nitrogen and oxygen atoms in total. The summed E-state index contributed by atoms with van der Waals surface area (Å²) in [5.74, 6) is 0.739. The number of hydrogen-bond acceptors (Lipinski definition) is 2. The summed E-state index contributed by atoms with van der Waals surface area (Å²) in [5, 5.41) is 10.8. The molecule has 2 aromatic carbocycles. The molecule has 0 atom stereocenters. The molecular formula is C17H10CrO5. The van der Waals surface area contributed by atoms with Crippen molar-refractivity contribution in [2.24, 2.45) is 0 Å². The number of fused-ring (bicyclic) bond motifs is 1. The van der Waals surface area contributed by atoms with Gasteiger partial charge in [0.25, 0.3) is 0 Å². The first-order valence-electron chi connectivity index (χ1n) is 5.73. The Morgan fingerprint density at radius 1 is 0.739 bits per heavy atom. The molecule has 0 bridgehead atoms. The molecule has 6 heteroatoms. The Hall–Kier alpha value is -2.47. The maximum Gasteiger partial charge on any atom is 0 e. The molecule has 0 aliphatic carbocycles. The molecule has 23 heavy (non-hydrogen) atoms. The van der Waals surface area contributed by atoms with E-state index < -0.39 is 0 Å². The molecule has 1 N–H and O–H groups in total. The second-order valence-corrected chi connectivity index (χ2v) is 3.64. The molecule has 3 aromatic rings. The summed E-state index contributed by atoms with van der Waals surface area (Å²) in [6, 6.07) is 17.1. The van der Waals surface area contributed by atoms with Gasteiger partial charge in [0.2, 0.25) is 0 Å². The zero-order valence-corrected chi connectivity index (χ0v) is 13.0. The fourth-order valence-electron chi connectivity index (χ4n) is 1.82. The normalized spacial score (nSPS) is 7.74. The summed E-state index contributed by atoms with van der Waals surface area (Å²) >= 11 is 0. The number of rotatable bonds is 1. The molecule has 0 aliphatic heterocycles. The van der Waals surface area contributed by atoms with E-state index in [2.05, 4.69) is 20.0 Å². The van der Waals surface area contributed by atoms with E-state index in [1.807, 2.05) is 54.6 Å². The predicted molar refractivity (Wildman–Crippen MR) is 75.1 cm³/mol. The molecular weight excluding hydrogens is 336 g/mol. The van der Waals surface area contributed by atoms with Crippen LogP contribution in [0.25, 0.3) is 22.3 Å². The average Bonchev–Trinajstić information content (AvgIpc) is 2.98. The third-order valence-corrected chi connectivity index (χ3v) is 2.61. The van der Waals surface area contributed by atoms with Crippen LogP contribution in [-0.2, 0) is 31.3 Å². The van der Waals surface area contributed by atoms with Gasteiger partial charge in [-0.15, -0.1) is 0 Å². The molecule has 0 aliphatic rings. The van der Waals surface area contributed by atoms with Crippen molar-refractivity contribution in [1.82, 2.24) is 0 Å². The van der Waals surface area contributed by atoms with E-state index in [9.17, 15) is 5.11 Å². The van der Waals surface area contributed by atoms with Crippen LogP contribution in [0.5, 0.6) is 5.75 Å². The molecule has 3 rings (SSSR count). The van der Waals surface area contributed by atoms with E-state index >= 15 is 0 Å². The molecule has 0 saturated carbocycles. The van der Waals surface area contributed by atoms with Gasteiger partial charge in [-0.1, -0.05) is 42.5 Å². The minimum absolute atomic E-state index is 0. The van der Waals surface area contributed by atoms with Gasteiger partial charge in [-0.2, -0.15) is 0 Å². The van der Waals surface area contributed by atoms with Crippen LogP contribution in [0.1, 0.15) is 0 Å². The van der Waals surface area contributed by atoms with Gasteiger partial charge < -0.3 is 9.52 Å². The van der Waals surface area contributed by atoms with Gasteiger partial charge >= 0.3 is 33.9 Å². The van der Waals surface area contributed by atoms with Crippen LogP contribution in [0.4, 0.5) is 0 Å². The largest absolute Gasteiger partial charge is 0 e. The van der Waals surface area contributed by atoms with Crippen molar-refractivity contribution < 1.29 is 40.8 Å². The fourth-order valence-corrected chi connectivity index (χ4v) is 1.82. The summed E-state index contributed by atoms with van der Waals surface area (Å²) in [5.41, 5.74) is 1.59. The second kappa shape index (κ2) is 13.2. The van der Waals surface area contributed by atoms with Crippen molar-refractivity contribution in [3.8, 4) is 17.1 Å². The van der Waals surface area contributed by atoms with Crippen LogP contribution in [0.3, 0.4) is 0 Å². The smallest absolute Gasteiger partial charge is 0 e. The van der Waals surface area contributed by atoms with Gasteiger partial charge in [-0.05, 0) is 12.1 Å². The minimum atomic E-state index is 0. The van der Waals surface area contributed by atoms with E-state index in [0.717, 1.165) is 10.9 Å². The molecule has 0 spiro atoms. The van der Waals surface area contributed by atoms with Crippen LogP contribution in [0.15, 0.2) is 59.0 Å². The maximum atomic E-state index is 10.0. The fraction of sp³-hybridized carbons (Fsp3) is 0. The summed E-state index contributed by atoms with van der Waals surface area (Å²) in [6.07, 6.45) is 0. The van der Waals surface area contributed by atoms with Gasteiger partial charge in [0.1, 0.15) is 5.58 Å². The van der Waals surface area contributed by atoms with Crippen molar-refractivity contribution in [2.45, 2.75) is 0 Å². The monoisotopic (exact) mass is 346 g/mol. The first kappa shape index (κ1) is 22.8. The molecule has 1 aromatic heterocycles. The first-order valence-corrected chi connectivity index (χ1v) is 5.73. The van der Waals surface area contributed by atoms with Crippen molar-refractivity contribution in [3.63, 3.8) is 0 Å². The number of furan rings is 1. The molecule has 114 valence electrons. The summed E-state index contributed by atoms with van der Waals surface area (Å²) in [6.45, 7) is 13.5. The zero-order chi connectivity index (χ0) is 17.0. The van der Waals surface area contributed by atoms with Gasteiger partial charge in [0.05, 0.1) is 5.39 Å². The van der Waals surface area contributed by atoms with Gasteiger partial charge in [0.15, 0.2) is 11.5 Å². The number of aromatic hydroxyl groups is 1. The van der Waals surface area contributed by atoms with Crippen molar-refractivity contribution in [3.05, 3.63) is 74.5 Å². The molecule has 0 fully saturated rings. The zero-order valence-electron chi connectivity index (χ0n) is 11.7. The molecule has 0 amide bonds. The summed E-state index contributed by atoms with van der Waals surface area (Å²) in [7, 11) is 0. The first-order chi connectivity index (χ1) is 10.9. The van der Waals surface area contributed by atoms with Crippen LogP contribution in [0, 0.1) is 20.0 Å². The predicted octanol–water partition coefficient (Wildman–Crippen LogP) is 3.69. The van der Waals surface area contributed by atoms with Crippen molar-refractivity contribution >= 4 is 11.0 Å². The molecule has 0 radical (unpaired) electrons. The van der Waals surface area contributed by atoms with E-state index in [0.29, 0.717) is 11.3 Å². The number of benzene rings is 2. The Morgan fingerprint density at radius 2 is 1.22 bits per heavy atom. The van der Waals surface area contributed by atoms with Gasteiger partial charge in [-0.3, -0.25) is 0 Å². The third-order valence-electron chi connectivity index (χ3n) is 2.61. The Morgan fingerprint density at radius 3 is 1.74 bits per heavy atom.